The maximum absolute atomic E-state index is 12.2. The van der Waals surface area contributed by atoms with E-state index in [1.54, 1.807) is 11.3 Å². The van der Waals surface area contributed by atoms with Crippen molar-refractivity contribution in [3.8, 4) is 16.9 Å². The fourth-order valence-electron chi connectivity index (χ4n) is 3.46. The molecule has 0 saturated carbocycles. The Kier molecular flexibility index (Phi) is 5.59. The highest BCUT2D eigenvalue weighted by molar-refractivity contribution is 8.26. The van der Waals surface area contributed by atoms with E-state index in [0.717, 1.165) is 22.4 Å². The average Bonchev–Trinajstić information content (AvgIpc) is 3.36. The first kappa shape index (κ1) is 20.0. The molecule has 6 heteroatoms. The molecular formula is C25H17NO2S3. The predicted octanol–water partition coefficient (Wildman–Crippen LogP) is 6.64. The lowest BCUT2D eigenvalue weighted by atomic mass is 10.0. The van der Waals surface area contributed by atoms with Crippen LogP contribution in [0.5, 0.6) is 5.75 Å². The molecule has 0 atom stereocenters. The fraction of sp³-hybridized carbons (Fsp3) is 0.0400. The number of thiocarbonyl (C=S) groups is 1. The van der Waals surface area contributed by atoms with E-state index in [1.165, 1.54) is 27.4 Å². The van der Waals surface area contributed by atoms with Crippen LogP contribution in [0.3, 0.4) is 0 Å². The number of rotatable bonds is 5. The van der Waals surface area contributed by atoms with Crippen LogP contribution in [0.2, 0.25) is 0 Å². The molecule has 4 aromatic rings. The first-order valence-corrected chi connectivity index (χ1v) is 11.8. The summed E-state index contributed by atoms with van der Waals surface area (Å²) in [5.74, 6) is 0.557. The normalized spacial score (nSPS) is 14.9. The first-order valence-electron chi connectivity index (χ1n) is 9.69. The van der Waals surface area contributed by atoms with E-state index in [-0.39, 0.29) is 5.91 Å². The summed E-state index contributed by atoms with van der Waals surface area (Å²) in [6, 6.07) is 24.5. The zero-order chi connectivity index (χ0) is 21.2. The maximum Gasteiger partial charge on any atom is 0.263 e. The van der Waals surface area contributed by atoms with E-state index in [2.05, 4.69) is 47.1 Å². The standard InChI is InChI=1S/C25H17NO2S3/c27-24-23(31-25(29)26-24)13-18-12-17(20-15-30-22-9-5-4-8-19(20)22)10-11-21(18)28-14-16-6-2-1-3-7-16/h1-13,15H,14H2,(H,26,27,29)/b23-13+. The molecule has 1 aliphatic rings. The maximum atomic E-state index is 12.2. The lowest BCUT2D eigenvalue weighted by molar-refractivity contribution is -0.115. The molecule has 1 amide bonds. The summed E-state index contributed by atoms with van der Waals surface area (Å²) in [4.78, 5) is 12.8. The Bertz CT molecular complexity index is 1330. The second-order valence-corrected chi connectivity index (χ2v) is 9.65. The number of benzene rings is 3. The van der Waals surface area contributed by atoms with Crippen LogP contribution in [0.4, 0.5) is 0 Å². The molecule has 1 N–H and O–H groups in total. The molecule has 1 aromatic heterocycles. The summed E-state index contributed by atoms with van der Waals surface area (Å²) in [7, 11) is 0. The molecule has 1 saturated heterocycles. The number of ether oxygens (including phenoxy) is 1. The van der Waals surface area contributed by atoms with Gasteiger partial charge in [-0.05, 0) is 40.8 Å². The minimum absolute atomic E-state index is 0.171. The van der Waals surface area contributed by atoms with Crippen LogP contribution in [-0.4, -0.2) is 10.2 Å². The van der Waals surface area contributed by atoms with Gasteiger partial charge in [0.05, 0.1) is 4.91 Å². The van der Waals surface area contributed by atoms with E-state index < -0.39 is 0 Å². The number of thiophene rings is 1. The molecule has 152 valence electrons. The van der Waals surface area contributed by atoms with Crippen molar-refractivity contribution in [3.05, 3.63) is 94.2 Å². The van der Waals surface area contributed by atoms with Gasteiger partial charge in [-0.15, -0.1) is 11.3 Å². The molecule has 3 nitrogen and oxygen atoms in total. The zero-order valence-corrected chi connectivity index (χ0v) is 18.8. The van der Waals surface area contributed by atoms with Gasteiger partial charge in [-0.1, -0.05) is 78.6 Å². The van der Waals surface area contributed by atoms with Gasteiger partial charge in [0.1, 0.15) is 16.7 Å². The van der Waals surface area contributed by atoms with Crippen molar-refractivity contribution in [3.63, 3.8) is 0 Å². The van der Waals surface area contributed by atoms with E-state index in [0.29, 0.717) is 15.8 Å². The van der Waals surface area contributed by atoms with Crippen molar-refractivity contribution < 1.29 is 9.53 Å². The number of thioether (sulfide) groups is 1. The summed E-state index contributed by atoms with van der Waals surface area (Å²) >= 11 is 8.15. The second kappa shape index (κ2) is 8.67. The topological polar surface area (TPSA) is 38.3 Å². The monoisotopic (exact) mass is 459 g/mol. The second-order valence-electron chi connectivity index (χ2n) is 7.02. The van der Waals surface area contributed by atoms with Gasteiger partial charge in [-0.25, -0.2) is 0 Å². The van der Waals surface area contributed by atoms with Crippen molar-refractivity contribution in [2.75, 3.05) is 0 Å². The van der Waals surface area contributed by atoms with Gasteiger partial charge in [0.25, 0.3) is 5.91 Å². The highest BCUT2D eigenvalue weighted by Gasteiger charge is 2.23. The highest BCUT2D eigenvalue weighted by atomic mass is 32.2. The van der Waals surface area contributed by atoms with E-state index in [9.17, 15) is 4.79 Å². The summed E-state index contributed by atoms with van der Waals surface area (Å²) in [5, 5.41) is 6.07. The zero-order valence-electron chi connectivity index (χ0n) is 16.3. The first-order chi connectivity index (χ1) is 15.2. The number of hydrogen-bond donors (Lipinski definition) is 1. The van der Waals surface area contributed by atoms with Gasteiger partial charge in [-0.3, -0.25) is 4.79 Å². The van der Waals surface area contributed by atoms with Crippen LogP contribution in [-0.2, 0) is 11.4 Å². The van der Waals surface area contributed by atoms with Crippen LogP contribution in [0.15, 0.2) is 83.1 Å². The lowest BCUT2D eigenvalue weighted by Gasteiger charge is -2.12. The highest BCUT2D eigenvalue weighted by Crippen LogP contribution is 2.37. The Balaban J connectivity index is 1.55. The number of carbonyl (C=O) groups excluding carboxylic acids is 1. The van der Waals surface area contributed by atoms with Crippen LogP contribution >= 0.6 is 35.3 Å². The van der Waals surface area contributed by atoms with Crippen molar-refractivity contribution in [2.45, 2.75) is 6.61 Å². The Morgan fingerprint density at radius 2 is 1.81 bits per heavy atom. The van der Waals surface area contributed by atoms with Gasteiger partial charge >= 0.3 is 0 Å². The van der Waals surface area contributed by atoms with Crippen LogP contribution in [0.25, 0.3) is 27.3 Å². The summed E-state index contributed by atoms with van der Waals surface area (Å²) in [6.07, 6.45) is 1.86. The van der Waals surface area contributed by atoms with Gasteiger partial charge < -0.3 is 10.1 Å². The van der Waals surface area contributed by atoms with Crippen LogP contribution in [0, 0.1) is 0 Å². The molecular weight excluding hydrogens is 442 g/mol. The summed E-state index contributed by atoms with van der Waals surface area (Å²) in [6.45, 7) is 0.454. The molecule has 0 radical (unpaired) electrons. The molecule has 1 fully saturated rings. The van der Waals surface area contributed by atoms with E-state index in [4.69, 9.17) is 17.0 Å². The van der Waals surface area contributed by atoms with Gasteiger partial charge in [0.15, 0.2) is 0 Å². The molecule has 0 bridgehead atoms. The van der Waals surface area contributed by atoms with Crippen LogP contribution in [0.1, 0.15) is 11.1 Å². The predicted molar refractivity (Wildman–Crippen MR) is 134 cm³/mol. The third-order valence-electron chi connectivity index (χ3n) is 4.97. The molecule has 0 aliphatic carbocycles. The number of fused-ring (bicyclic) bond motifs is 1. The smallest absolute Gasteiger partial charge is 0.263 e. The molecule has 0 spiro atoms. The molecule has 1 aliphatic heterocycles. The SMILES string of the molecule is O=C1NC(=S)S/C1=C/c1cc(-c2csc3ccccc23)ccc1OCc1ccccc1. The Morgan fingerprint density at radius 3 is 2.61 bits per heavy atom. The Hall–Kier alpha value is -2.93. The Morgan fingerprint density at radius 1 is 1.00 bits per heavy atom. The summed E-state index contributed by atoms with van der Waals surface area (Å²) < 4.78 is 7.86. The van der Waals surface area contributed by atoms with Crippen LogP contribution < -0.4 is 10.1 Å². The van der Waals surface area contributed by atoms with Crippen molar-refractivity contribution in [1.82, 2.24) is 5.32 Å². The van der Waals surface area contributed by atoms with Gasteiger partial charge in [0, 0.05) is 21.2 Å². The quantitative estimate of drug-likeness (QED) is 0.268. The van der Waals surface area contributed by atoms with Crippen molar-refractivity contribution in [1.29, 1.82) is 0 Å². The Labute approximate surface area is 193 Å². The van der Waals surface area contributed by atoms with Crippen molar-refractivity contribution >= 4 is 61.7 Å². The van der Waals surface area contributed by atoms with E-state index >= 15 is 0 Å². The van der Waals surface area contributed by atoms with Gasteiger partial charge in [-0.2, -0.15) is 0 Å². The molecule has 5 rings (SSSR count). The summed E-state index contributed by atoms with van der Waals surface area (Å²) in [5.41, 5.74) is 4.20. The third kappa shape index (κ3) is 4.28. The minimum Gasteiger partial charge on any atom is -0.488 e. The van der Waals surface area contributed by atoms with Crippen molar-refractivity contribution in [2.24, 2.45) is 0 Å². The number of nitrogens with one attached hydrogen (secondary N) is 1. The average molecular weight is 460 g/mol. The molecule has 31 heavy (non-hydrogen) atoms. The number of hydrogen-bond acceptors (Lipinski definition) is 5. The molecule has 2 heterocycles. The fourth-order valence-corrected chi connectivity index (χ4v) is 5.46. The van der Waals surface area contributed by atoms with E-state index in [1.807, 2.05) is 42.5 Å². The largest absolute Gasteiger partial charge is 0.488 e. The number of carbonyl (C=O) groups is 1. The lowest BCUT2D eigenvalue weighted by Crippen LogP contribution is -2.17. The molecule has 3 aromatic carbocycles. The minimum atomic E-state index is -0.171. The van der Waals surface area contributed by atoms with Gasteiger partial charge in [0.2, 0.25) is 0 Å². The molecule has 0 unspecified atom stereocenters. The number of amides is 1. The third-order valence-corrected chi connectivity index (χ3v) is 7.09.